The van der Waals surface area contributed by atoms with Crippen molar-refractivity contribution in [2.75, 3.05) is 11.1 Å². The van der Waals surface area contributed by atoms with Crippen molar-refractivity contribution in [1.82, 2.24) is 0 Å². The number of amides is 1. The maximum atomic E-state index is 14.8. The van der Waals surface area contributed by atoms with E-state index >= 15 is 0 Å². The summed E-state index contributed by atoms with van der Waals surface area (Å²) in [4.78, 5) is 15.9. The van der Waals surface area contributed by atoms with Gasteiger partial charge in [-0.1, -0.05) is 109 Å². The van der Waals surface area contributed by atoms with E-state index in [4.69, 9.17) is 0 Å². The first-order valence-electron chi connectivity index (χ1n) is 11.2. The Labute approximate surface area is 195 Å². The minimum atomic E-state index is -3.09. The maximum Gasteiger partial charge on any atom is 0.238 e. The molecule has 0 radical (unpaired) electrons. The van der Waals surface area contributed by atoms with Crippen LogP contribution in [-0.2, 0) is 21.3 Å². The summed E-state index contributed by atoms with van der Waals surface area (Å²) in [6.07, 6.45) is 0.245. The molecule has 4 aromatic carbocycles. The molecular weight excluding hydrogens is 425 g/mol. The van der Waals surface area contributed by atoms with Crippen molar-refractivity contribution in [3.63, 3.8) is 0 Å². The predicted molar refractivity (Wildman–Crippen MR) is 136 cm³/mol. The van der Waals surface area contributed by atoms with E-state index < -0.39 is 12.6 Å². The highest BCUT2D eigenvalue weighted by molar-refractivity contribution is 7.78. The summed E-state index contributed by atoms with van der Waals surface area (Å²) < 4.78 is 14.8. The van der Waals surface area contributed by atoms with Gasteiger partial charge in [0.2, 0.25) is 5.91 Å². The fraction of sp³-hybridized carbons (Fsp3) is 0.138. The van der Waals surface area contributed by atoms with E-state index in [0.29, 0.717) is 6.54 Å². The number of anilines is 1. The fourth-order valence-electron chi connectivity index (χ4n) is 4.89. The first-order chi connectivity index (χ1) is 16.0. The molecule has 4 heteroatoms. The van der Waals surface area contributed by atoms with Crippen LogP contribution in [0.5, 0.6) is 0 Å². The zero-order chi connectivity index (χ0) is 22.9. The Morgan fingerprint density at radius 2 is 1.18 bits per heavy atom. The molecule has 5 rings (SSSR count). The van der Waals surface area contributed by atoms with Crippen molar-refractivity contribution in [2.24, 2.45) is 0 Å². The molecule has 1 atom stereocenters. The van der Waals surface area contributed by atoms with Crippen molar-refractivity contribution in [2.45, 2.75) is 18.9 Å². The van der Waals surface area contributed by atoms with E-state index in [-0.39, 0.29) is 12.1 Å². The van der Waals surface area contributed by atoms with Crippen LogP contribution in [0, 0.1) is 0 Å². The molecule has 4 aromatic rings. The molecule has 1 aliphatic rings. The van der Waals surface area contributed by atoms with Gasteiger partial charge in [0.25, 0.3) is 0 Å². The van der Waals surface area contributed by atoms with Crippen molar-refractivity contribution < 1.29 is 9.36 Å². The van der Waals surface area contributed by atoms with Crippen LogP contribution in [-0.4, -0.2) is 12.1 Å². The molecule has 0 aliphatic carbocycles. The van der Waals surface area contributed by atoms with E-state index in [1.54, 1.807) is 0 Å². The molecule has 1 unspecified atom stereocenters. The van der Waals surface area contributed by atoms with Gasteiger partial charge in [-0.2, -0.15) is 0 Å². The highest BCUT2D eigenvalue weighted by Gasteiger charge is 2.51. The molecule has 1 aliphatic heterocycles. The van der Waals surface area contributed by atoms with Crippen LogP contribution in [0.2, 0.25) is 0 Å². The third kappa shape index (κ3) is 3.73. The zero-order valence-corrected chi connectivity index (χ0v) is 19.5. The minimum absolute atomic E-state index is 0.000333. The number of hydrogen-bond donors (Lipinski definition) is 0. The molecule has 0 saturated carbocycles. The minimum Gasteiger partial charge on any atom is -0.314 e. The molecule has 0 aromatic heterocycles. The molecule has 0 saturated heterocycles. The second-order valence-corrected chi connectivity index (χ2v) is 11.6. The van der Waals surface area contributed by atoms with Gasteiger partial charge >= 0.3 is 0 Å². The lowest BCUT2D eigenvalue weighted by Gasteiger charge is -2.30. The van der Waals surface area contributed by atoms with Gasteiger partial charge in [-0.25, -0.2) is 0 Å². The van der Waals surface area contributed by atoms with Gasteiger partial charge in [0, 0.05) is 22.5 Å². The fourth-order valence-corrected chi connectivity index (χ4v) is 8.06. The Morgan fingerprint density at radius 3 is 1.76 bits per heavy atom. The van der Waals surface area contributed by atoms with Gasteiger partial charge in [-0.3, -0.25) is 4.79 Å². The Balaban J connectivity index is 1.61. The summed E-state index contributed by atoms with van der Waals surface area (Å²) >= 11 is 0. The van der Waals surface area contributed by atoms with E-state index in [1.165, 1.54) is 0 Å². The van der Waals surface area contributed by atoms with Crippen molar-refractivity contribution in [3.05, 3.63) is 126 Å². The van der Waals surface area contributed by atoms with Gasteiger partial charge in [0.05, 0.1) is 12.0 Å². The number of benzene rings is 4. The lowest BCUT2D eigenvalue weighted by Crippen LogP contribution is -2.42. The monoisotopic (exact) mass is 451 g/mol. The number of carbonyl (C=O) groups excluding carboxylic acids is 1. The molecule has 0 fully saturated rings. The van der Waals surface area contributed by atoms with Crippen molar-refractivity contribution >= 4 is 29.3 Å². The number of para-hydroxylation sites is 1. The van der Waals surface area contributed by atoms with Gasteiger partial charge in [0.15, 0.2) is 0 Å². The molecule has 3 nitrogen and oxygen atoms in total. The zero-order valence-electron chi connectivity index (χ0n) is 18.6. The van der Waals surface area contributed by atoms with Crippen LogP contribution in [0.1, 0.15) is 18.1 Å². The number of carbonyl (C=O) groups is 1. The summed E-state index contributed by atoms with van der Waals surface area (Å²) in [6, 6.07) is 37.2. The smallest absolute Gasteiger partial charge is 0.238 e. The molecule has 0 bridgehead atoms. The average Bonchev–Trinajstić information content (AvgIpc) is 3.07. The number of rotatable bonds is 6. The first-order valence-corrected chi connectivity index (χ1v) is 13.1. The Hall–Kier alpha value is -3.42. The van der Waals surface area contributed by atoms with E-state index in [0.717, 1.165) is 27.4 Å². The summed E-state index contributed by atoms with van der Waals surface area (Å²) in [5, 5.41) is 1.56. The SMILES string of the molecule is CC1(CP(=O)(c2ccccc2)c2ccccc2)C(=O)N(Cc2ccccc2)c2ccccc21. The second-order valence-electron chi connectivity index (χ2n) is 8.80. The number of nitrogens with zero attached hydrogens (tertiary/aromatic N) is 1. The Bertz CT molecular complexity index is 1280. The predicted octanol–water partition coefficient (Wildman–Crippen LogP) is 5.51. The molecule has 1 amide bonds. The molecule has 0 N–H and O–H groups in total. The quantitative estimate of drug-likeness (QED) is 0.363. The van der Waals surface area contributed by atoms with Gasteiger partial charge in [-0.15, -0.1) is 0 Å². The summed E-state index contributed by atoms with van der Waals surface area (Å²) in [6.45, 7) is 2.45. The standard InChI is InChI=1S/C29H26NO2P/c1-29(22-33(32,24-15-7-3-8-16-24)25-17-9-4-10-18-25)26-19-11-12-20-27(26)30(28(29)31)21-23-13-5-2-6-14-23/h2-20H,21-22H2,1H3. The molecule has 164 valence electrons. The number of fused-ring (bicyclic) bond motifs is 1. The third-order valence-corrected chi connectivity index (χ3v) is 9.92. The van der Waals surface area contributed by atoms with Crippen LogP contribution in [0.25, 0.3) is 0 Å². The lowest BCUT2D eigenvalue weighted by atomic mass is 9.86. The third-order valence-electron chi connectivity index (χ3n) is 6.58. The molecular formula is C29H26NO2P. The van der Waals surface area contributed by atoms with Crippen molar-refractivity contribution in [1.29, 1.82) is 0 Å². The molecule has 0 spiro atoms. The lowest BCUT2D eigenvalue weighted by molar-refractivity contribution is -0.122. The summed E-state index contributed by atoms with van der Waals surface area (Å²) in [5.74, 6) is -0.000333. The number of hydrogen-bond acceptors (Lipinski definition) is 2. The normalized spacial score (nSPS) is 17.7. The summed E-state index contributed by atoms with van der Waals surface area (Å²) in [7, 11) is -3.09. The van der Waals surface area contributed by atoms with E-state index in [9.17, 15) is 9.36 Å². The Kier molecular flexibility index (Phi) is 5.52. The van der Waals surface area contributed by atoms with Crippen LogP contribution in [0.4, 0.5) is 5.69 Å². The van der Waals surface area contributed by atoms with E-state index in [1.807, 2.05) is 127 Å². The van der Waals surface area contributed by atoms with Crippen LogP contribution in [0.3, 0.4) is 0 Å². The average molecular weight is 452 g/mol. The van der Waals surface area contributed by atoms with E-state index in [2.05, 4.69) is 0 Å². The largest absolute Gasteiger partial charge is 0.314 e. The second kappa shape index (κ2) is 8.50. The molecule has 33 heavy (non-hydrogen) atoms. The van der Waals surface area contributed by atoms with Crippen molar-refractivity contribution in [3.8, 4) is 0 Å². The summed E-state index contributed by atoms with van der Waals surface area (Å²) in [5.41, 5.74) is 2.02. The van der Waals surface area contributed by atoms with Crippen LogP contribution >= 0.6 is 7.14 Å². The van der Waals surface area contributed by atoms with Crippen LogP contribution < -0.4 is 15.5 Å². The molecule has 1 heterocycles. The van der Waals surface area contributed by atoms with Gasteiger partial charge in [0.1, 0.15) is 7.14 Å². The highest BCUT2D eigenvalue weighted by Crippen LogP contribution is 2.53. The van der Waals surface area contributed by atoms with Crippen LogP contribution in [0.15, 0.2) is 115 Å². The Morgan fingerprint density at radius 1 is 0.697 bits per heavy atom. The highest BCUT2D eigenvalue weighted by atomic mass is 31.2. The van der Waals surface area contributed by atoms with Gasteiger partial charge < -0.3 is 9.46 Å². The first kappa shape index (κ1) is 21.4. The maximum absolute atomic E-state index is 14.8. The van der Waals surface area contributed by atoms with Gasteiger partial charge in [-0.05, 0) is 24.1 Å². The topological polar surface area (TPSA) is 37.4 Å².